The van der Waals surface area contributed by atoms with Crippen molar-refractivity contribution >= 4 is 15.7 Å². The van der Waals surface area contributed by atoms with E-state index in [-0.39, 0.29) is 11.8 Å². The number of hydrogen-bond acceptors (Lipinski definition) is 5. The van der Waals surface area contributed by atoms with Crippen LogP contribution in [0.4, 0.5) is 5.82 Å². The fraction of sp³-hybridized carbons (Fsp3) is 0.786. The van der Waals surface area contributed by atoms with Crippen molar-refractivity contribution in [1.29, 1.82) is 0 Å². The van der Waals surface area contributed by atoms with Crippen LogP contribution in [0.2, 0.25) is 0 Å². The molecule has 0 amide bonds. The summed E-state index contributed by atoms with van der Waals surface area (Å²) >= 11 is 0. The van der Waals surface area contributed by atoms with Crippen LogP contribution in [0.15, 0.2) is 0 Å². The number of nitrogens with one attached hydrogen (secondary N) is 1. The van der Waals surface area contributed by atoms with Crippen LogP contribution in [0.3, 0.4) is 0 Å². The Hall–Kier alpha value is -1.08. The summed E-state index contributed by atoms with van der Waals surface area (Å²) in [4.78, 5) is 2.09. The van der Waals surface area contributed by atoms with Gasteiger partial charge in [-0.25, -0.2) is 8.42 Å². The lowest BCUT2D eigenvalue weighted by molar-refractivity contribution is 0.599. The molecule has 0 saturated carbocycles. The van der Waals surface area contributed by atoms with Crippen molar-refractivity contribution in [2.24, 2.45) is 7.05 Å². The van der Waals surface area contributed by atoms with E-state index in [4.69, 9.17) is 0 Å². The number of sulfone groups is 1. The molecule has 0 spiro atoms. The quantitative estimate of drug-likeness (QED) is 0.789. The van der Waals surface area contributed by atoms with Gasteiger partial charge in [-0.1, -0.05) is 6.92 Å². The molecule has 1 aliphatic rings. The van der Waals surface area contributed by atoms with Crippen molar-refractivity contribution in [1.82, 2.24) is 15.1 Å². The van der Waals surface area contributed by atoms with Crippen LogP contribution in [-0.4, -0.2) is 49.3 Å². The second-order valence-electron chi connectivity index (χ2n) is 5.86. The zero-order valence-corrected chi connectivity index (χ0v) is 14.2. The van der Waals surface area contributed by atoms with E-state index in [2.05, 4.69) is 22.2 Å². The highest BCUT2D eigenvalue weighted by molar-refractivity contribution is 7.91. The molecule has 1 atom stereocenters. The van der Waals surface area contributed by atoms with E-state index in [0.717, 1.165) is 36.6 Å². The molecule has 1 aromatic heterocycles. The summed E-state index contributed by atoms with van der Waals surface area (Å²) < 4.78 is 25.3. The Labute approximate surface area is 127 Å². The second-order valence-corrected chi connectivity index (χ2v) is 8.08. The lowest BCUT2D eigenvalue weighted by Crippen LogP contribution is -2.35. The average molecular weight is 314 g/mol. The Morgan fingerprint density at radius 1 is 1.48 bits per heavy atom. The van der Waals surface area contributed by atoms with E-state index in [1.54, 1.807) is 0 Å². The molecule has 0 radical (unpaired) electrons. The van der Waals surface area contributed by atoms with E-state index >= 15 is 0 Å². The van der Waals surface area contributed by atoms with Crippen LogP contribution in [0.25, 0.3) is 0 Å². The maximum atomic E-state index is 11.7. The predicted octanol–water partition coefficient (Wildman–Crippen LogP) is 0.851. The summed E-state index contributed by atoms with van der Waals surface area (Å²) in [6, 6.07) is 0.0507. The fourth-order valence-corrected chi connectivity index (χ4v) is 4.76. The molecule has 7 heteroatoms. The van der Waals surface area contributed by atoms with Gasteiger partial charge in [-0.15, -0.1) is 0 Å². The number of anilines is 1. The zero-order chi connectivity index (χ0) is 15.6. The molecule has 1 fully saturated rings. The van der Waals surface area contributed by atoms with Gasteiger partial charge in [0.2, 0.25) is 0 Å². The maximum Gasteiger partial charge on any atom is 0.152 e. The van der Waals surface area contributed by atoms with Crippen molar-refractivity contribution in [2.75, 3.05) is 30.0 Å². The summed E-state index contributed by atoms with van der Waals surface area (Å²) in [6.45, 7) is 5.88. The summed E-state index contributed by atoms with van der Waals surface area (Å²) in [5.74, 6) is 1.57. The average Bonchev–Trinajstić information content (AvgIpc) is 2.89. The third-order valence-corrected chi connectivity index (χ3v) is 5.88. The van der Waals surface area contributed by atoms with Crippen molar-refractivity contribution in [3.8, 4) is 0 Å². The van der Waals surface area contributed by atoms with E-state index in [1.807, 2.05) is 25.7 Å². The minimum Gasteiger partial charge on any atom is -0.356 e. The van der Waals surface area contributed by atoms with Crippen molar-refractivity contribution in [3.05, 3.63) is 11.3 Å². The second kappa shape index (κ2) is 6.36. The molecule has 1 saturated heterocycles. The Kier molecular flexibility index (Phi) is 4.93. The highest BCUT2D eigenvalue weighted by atomic mass is 32.2. The summed E-state index contributed by atoms with van der Waals surface area (Å²) in [6.07, 6.45) is 1.79. The molecule has 0 bridgehead atoms. The van der Waals surface area contributed by atoms with E-state index < -0.39 is 9.84 Å². The van der Waals surface area contributed by atoms with Gasteiger partial charge in [-0.2, -0.15) is 5.10 Å². The van der Waals surface area contributed by atoms with Crippen LogP contribution in [0.1, 0.15) is 31.0 Å². The first-order valence-corrected chi connectivity index (χ1v) is 9.34. The van der Waals surface area contributed by atoms with Gasteiger partial charge >= 0.3 is 0 Å². The molecule has 2 rings (SSSR count). The largest absolute Gasteiger partial charge is 0.356 e. The number of nitrogens with zero attached hydrogens (tertiary/aromatic N) is 3. The number of rotatable bonds is 6. The molecule has 6 nitrogen and oxygen atoms in total. The topological polar surface area (TPSA) is 67.2 Å². The van der Waals surface area contributed by atoms with Gasteiger partial charge in [0.05, 0.1) is 17.2 Å². The van der Waals surface area contributed by atoms with Crippen LogP contribution in [0.5, 0.6) is 0 Å². The SMILES string of the molecule is CCCNCc1c(C)nn(C)c1N(C)C1CCS(=O)(=O)C1. The van der Waals surface area contributed by atoms with Crippen LogP contribution in [-0.2, 0) is 23.4 Å². The molecule has 1 aliphatic heterocycles. The van der Waals surface area contributed by atoms with Gasteiger partial charge in [0.15, 0.2) is 9.84 Å². The van der Waals surface area contributed by atoms with Gasteiger partial charge in [0.1, 0.15) is 5.82 Å². The monoisotopic (exact) mass is 314 g/mol. The van der Waals surface area contributed by atoms with Gasteiger partial charge in [-0.05, 0) is 26.3 Å². The molecular formula is C14H26N4O2S. The fourth-order valence-electron chi connectivity index (χ4n) is 2.98. The number of hydrogen-bond donors (Lipinski definition) is 1. The number of aryl methyl sites for hydroxylation is 2. The van der Waals surface area contributed by atoms with Crippen LogP contribution >= 0.6 is 0 Å². The predicted molar refractivity (Wildman–Crippen MR) is 85.4 cm³/mol. The molecule has 1 aromatic rings. The molecular weight excluding hydrogens is 288 g/mol. The van der Waals surface area contributed by atoms with E-state index in [1.165, 1.54) is 0 Å². The van der Waals surface area contributed by atoms with E-state index in [0.29, 0.717) is 12.2 Å². The van der Waals surface area contributed by atoms with Crippen molar-refractivity contribution in [2.45, 2.75) is 39.3 Å². The third kappa shape index (κ3) is 3.58. The van der Waals surface area contributed by atoms with Crippen LogP contribution < -0.4 is 10.2 Å². The molecule has 2 heterocycles. The van der Waals surface area contributed by atoms with Crippen molar-refractivity contribution in [3.63, 3.8) is 0 Å². The molecule has 1 N–H and O–H groups in total. The standard InChI is InChI=1S/C14H26N4O2S/c1-5-7-15-9-13-11(2)16-18(4)14(13)17(3)12-6-8-21(19,20)10-12/h12,15H,5-10H2,1-4H3. The smallest absolute Gasteiger partial charge is 0.152 e. The van der Waals surface area contributed by atoms with Gasteiger partial charge < -0.3 is 10.2 Å². The van der Waals surface area contributed by atoms with Gasteiger partial charge in [-0.3, -0.25) is 4.68 Å². The highest BCUT2D eigenvalue weighted by Gasteiger charge is 2.33. The third-order valence-electron chi connectivity index (χ3n) is 4.13. The van der Waals surface area contributed by atoms with Gasteiger partial charge in [0, 0.05) is 32.2 Å². The molecule has 1 unspecified atom stereocenters. The first-order valence-electron chi connectivity index (χ1n) is 7.52. The highest BCUT2D eigenvalue weighted by Crippen LogP contribution is 2.27. The normalized spacial score (nSPS) is 20.9. The van der Waals surface area contributed by atoms with Crippen LogP contribution in [0, 0.1) is 6.92 Å². The van der Waals surface area contributed by atoms with Crippen molar-refractivity contribution < 1.29 is 8.42 Å². The molecule has 120 valence electrons. The Morgan fingerprint density at radius 3 is 2.76 bits per heavy atom. The Morgan fingerprint density at radius 2 is 2.19 bits per heavy atom. The lowest BCUT2D eigenvalue weighted by Gasteiger charge is -2.27. The summed E-state index contributed by atoms with van der Waals surface area (Å²) in [5, 5.41) is 7.91. The lowest BCUT2D eigenvalue weighted by atomic mass is 10.2. The Bertz CT molecular complexity index is 594. The first-order chi connectivity index (χ1) is 9.85. The molecule has 0 aromatic carbocycles. The minimum absolute atomic E-state index is 0.0507. The summed E-state index contributed by atoms with van der Waals surface area (Å²) in [7, 11) is 1.02. The number of aromatic nitrogens is 2. The van der Waals surface area contributed by atoms with E-state index in [9.17, 15) is 8.42 Å². The minimum atomic E-state index is -2.88. The summed E-state index contributed by atoms with van der Waals surface area (Å²) in [5.41, 5.74) is 2.17. The molecule has 21 heavy (non-hydrogen) atoms. The first kappa shape index (κ1) is 16.3. The van der Waals surface area contributed by atoms with Gasteiger partial charge in [0.25, 0.3) is 0 Å². The Balaban J connectivity index is 2.22. The molecule has 0 aliphatic carbocycles. The zero-order valence-electron chi connectivity index (χ0n) is 13.4. The maximum absolute atomic E-state index is 11.7.